The lowest BCUT2D eigenvalue weighted by Crippen LogP contribution is -2.50. The minimum Gasteiger partial charge on any atom is -0.481 e. The van der Waals surface area contributed by atoms with E-state index in [1.807, 2.05) is 0 Å². The van der Waals surface area contributed by atoms with Gasteiger partial charge in [0.05, 0.1) is 9.64 Å². The molecule has 144 valence electrons. The number of carbonyl (C=O) groups is 1. The molecule has 7 nitrogen and oxygen atoms in total. The van der Waals surface area contributed by atoms with Gasteiger partial charge in [-0.05, 0) is 57.1 Å². The summed E-state index contributed by atoms with van der Waals surface area (Å²) in [6, 6.07) is 6.10. The highest BCUT2D eigenvalue weighted by molar-refractivity contribution is 7.92. The summed E-state index contributed by atoms with van der Waals surface area (Å²) in [4.78, 5) is 11.8. The third-order valence-electron chi connectivity index (χ3n) is 4.31. The second kappa shape index (κ2) is 9.78. The number of sulfone groups is 1. The molecule has 1 fully saturated rings. The van der Waals surface area contributed by atoms with Crippen LogP contribution in [0.2, 0.25) is 0 Å². The van der Waals surface area contributed by atoms with Gasteiger partial charge in [0, 0.05) is 6.42 Å². The molecule has 1 aliphatic rings. The number of halogens is 1. The molecule has 0 spiro atoms. The smallest absolute Gasteiger partial charge is 0.244 e. The summed E-state index contributed by atoms with van der Waals surface area (Å²) in [5, 5.41) is 11.9. The minimum atomic E-state index is -3.77. The Morgan fingerprint density at radius 2 is 1.92 bits per heavy atom. The van der Waals surface area contributed by atoms with Crippen molar-refractivity contribution in [1.29, 1.82) is 0 Å². The first-order chi connectivity index (χ1) is 11.9. The number of amides is 1. The molecule has 9 heteroatoms. The Morgan fingerprint density at radius 3 is 2.46 bits per heavy atom. The van der Waals surface area contributed by atoms with Crippen molar-refractivity contribution in [3.8, 4) is 17.6 Å². The van der Waals surface area contributed by atoms with E-state index in [-0.39, 0.29) is 30.3 Å². The molecule has 1 heterocycles. The molecule has 1 aromatic rings. The van der Waals surface area contributed by atoms with E-state index in [0.29, 0.717) is 31.7 Å². The summed E-state index contributed by atoms with van der Waals surface area (Å²) >= 11 is 0. The Balaban J connectivity index is 0.00000338. The highest BCUT2D eigenvalue weighted by atomic mass is 35.5. The van der Waals surface area contributed by atoms with E-state index in [2.05, 4.69) is 17.2 Å². The highest BCUT2D eigenvalue weighted by Crippen LogP contribution is 2.37. The Bertz CT molecular complexity index is 763. The Labute approximate surface area is 159 Å². The average Bonchev–Trinajstić information content (AvgIpc) is 2.63. The average molecular weight is 403 g/mol. The maximum atomic E-state index is 13.2. The van der Waals surface area contributed by atoms with Crippen molar-refractivity contribution in [2.45, 2.75) is 35.8 Å². The van der Waals surface area contributed by atoms with Gasteiger partial charge >= 0.3 is 0 Å². The maximum absolute atomic E-state index is 13.2. The van der Waals surface area contributed by atoms with Gasteiger partial charge in [0.2, 0.25) is 5.91 Å². The zero-order chi connectivity index (χ0) is 18.3. The van der Waals surface area contributed by atoms with Crippen molar-refractivity contribution in [3.63, 3.8) is 0 Å². The minimum absolute atomic E-state index is 0. The van der Waals surface area contributed by atoms with Crippen LogP contribution >= 0.6 is 12.4 Å². The first-order valence-electron chi connectivity index (χ1n) is 7.96. The van der Waals surface area contributed by atoms with Gasteiger partial charge in [-0.1, -0.05) is 5.92 Å². The third-order valence-corrected chi connectivity index (χ3v) is 6.90. The Hall–Kier alpha value is -1.79. The van der Waals surface area contributed by atoms with Crippen molar-refractivity contribution in [1.82, 2.24) is 10.8 Å². The van der Waals surface area contributed by atoms with Crippen LogP contribution in [0.3, 0.4) is 0 Å². The van der Waals surface area contributed by atoms with Gasteiger partial charge in [-0.15, -0.1) is 18.3 Å². The van der Waals surface area contributed by atoms with Crippen molar-refractivity contribution in [2.75, 3.05) is 19.7 Å². The first-order valence-corrected chi connectivity index (χ1v) is 9.44. The van der Waals surface area contributed by atoms with E-state index in [9.17, 15) is 13.2 Å². The van der Waals surface area contributed by atoms with E-state index in [4.69, 9.17) is 9.94 Å². The number of ether oxygens (including phenoxy) is 1. The summed E-state index contributed by atoms with van der Waals surface area (Å²) in [6.45, 7) is 2.93. The van der Waals surface area contributed by atoms with Gasteiger partial charge in [-0.25, -0.2) is 13.9 Å². The van der Waals surface area contributed by atoms with Crippen LogP contribution < -0.4 is 15.5 Å². The van der Waals surface area contributed by atoms with Crippen LogP contribution in [0, 0.1) is 11.8 Å². The van der Waals surface area contributed by atoms with Crippen LogP contribution in [0.4, 0.5) is 0 Å². The molecular weight excluding hydrogens is 380 g/mol. The number of carbonyl (C=O) groups excluding carboxylic acids is 1. The van der Waals surface area contributed by atoms with Crippen LogP contribution in [0.5, 0.6) is 5.75 Å². The van der Waals surface area contributed by atoms with Crippen molar-refractivity contribution in [3.05, 3.63) is 24.3 Å². The lowest BCUT2D eigenvalue weighted by molar-refractivity contribution is -0.130. The number of hydrogen-bond donors (Lipinski definition) is 3. The SMILES string of the molecule is CC#CCOc1ccc(S(=O)(=O)C2(CC(=O)NO)CCNCC2)cc1.Cl. The molecule has 0 aromatic heterocycles. The van der Waals surface area contributed by atoms with Gasteiger partial charge in [0.15, 0.2) is 9.84 Å². The lowest BCUT2D eigenvalue weighted by atomic mass is 9.93. The fourth-order valence-corrected chi connectivity index (χ4v) is 4.97. The third kappa shape index (κ3) is 4.89. The molecule has 0 bridgehead atoms. The van der Waals surface area contributed by atoms with Crippen LogP contribution in [0.1, 0.15) is 26.2 Å². The molecule has 0 atom stereocenters. The zero-order valence-corrected chi connectivity index (χ0v) is 16.1. The predicted octanol–water partition coefficient (Wildman–Crippen LogP) is 1.30. The molecule has 1 saturated heterocycles. The maximum Gasteiger partial charge on any atom is 0.244 e. The topological polar surface area (TPSA) is 105 Å². The number of hydrogen-bond acceptors (Lipinski definition) is 6. The molecule has 1 aromatic carbocycles. The van der Waals surface area contributed by atoms with Gasteiger partial charge in [0.25, 0.3) is 0 Å². The van der Waals surface area contributed by atoms with E-state index in [1.54, 1.807) is 24.5 Å². The van der Waals surface area contributed by atoms with E-state index in [1.165, 1.54) is 12.1 Å². The normalized spacial score (nSPS) is 15.8. The zero-order valence-electron chi connectivity index (χ0n) is 14.4. The molecule has 0 saturated carbocycles. The quantitative estimate of drug-likeness (QED) is 0.376. The fourth-order valence-electron chi connectivity index (χ4n) is 2.91. The number of rotatable bonds is 6. The monoisotopic (exact) mass is 402 g/mol. The van der Waals surface area contributed by atoms with Gasteiger partial charge in [-0.2, -0.15) is 0 Å². The summed E-state index contributed by atoms with van der Waals surface area (Å²) in [5.74, 6) is 5.29. The van der Waals surface area contributed by atoms with Crippen molar-refractivity contribution in [2.24, 2.45) is 0 Å². The second-order valence-corrected chi connectivity index (χ2v) is 8.18. The predicted molar refractivity (Wildman–Crippen MR) is 99.2 cm³/mol. The van der Waals surface area contributed by atoms with Gasteiger partial charge < -0.3 is 10.1 Å². The standard InChI is InChI=1S/C17H22N2O5S.ClH/c1-2-3-12-24-14-4-6-15(7-5-14)25(22,23)17(13-16(20)19-21)8-10-18-11-9-17;/h4-7,18,21H,8-13H2,1H3,(H,19,20);1H. The van der Waals surface area contributed by atoms with E-state index < -0.39 is 20.5 Å². The molecule has 3 N–H and O–H groups in total. The Morgan fingerprint density at radius 1 is 1.31 bits per heavy atom. The van der Waals surface area contributed by atoms with E-state index >= 15 is 0 Å². The number of piperidine rings is 1. The summed E-state index contributed by atoms with van der Waals surface area (Å²) in [7, 11) is -3.77. The molecule has 1 amide bonds. The van der Waals surface area contributed by atoms with E-state index in [0.717, 1.165) is 0 Å². The van der Waals surface area contributed by atoms with Crippen molar-refractivity contribution < 1.29 is 23.2 Å². The first kappa shape index (κ1) is 22.3. The molecule has 0 aliphatic carbocycles. The molecule has 0 unspecified atom stereocenters. The summed E-state index contributed by atoms with van der Waals surface area (Å²) in [5.41, 5.74) is 1.54. The van der Waals surface area contributed by atoms with Crippen molar-refractivity contribution >= 4 is 28.2 Å². The molecular formula is C17H23ClN2O5S. The molecule has 1 aliphatic heterocycles. The molecule has 26 heavy (non-hydrogen) atoms. The van der Waals surface area contributed by atoms with Crippen LogP contribution in [0.15, 0.2) is 29.2 Å². The van der Waals surface area contributed by atoms with Gasteiger partial charge in [0.1, 0.15) is 12.4 Å². The Kier molecular flexibility index (Phi) is 8.37. The summed E-state index contributed by atoms with van der Waals surface area (Å²) in [6.07, 6.45) is 0.318. The summed E-state index contributed by atoms with van der Waals surface area (Å²) < 4.78 is 30.5. The highest BCUT2D eigenvalue weighted by Gasteiger charge is 2.46. The number of nitrogens with one attached hydrogen (secondary N) is 2. The van der Waals surface area contributed by atoms with Crippen LogP contribution in [-0.4, -0.2) is 44.0 Å². The van der Waals surface area contributed by atoms with Gasteiger partial charge in [-0.3, -0.25) is 10.0 Å². The van der Waals surface area contributed by atoms with Crippen LogP contribution in [-0.2, 0) is 14.6 Å². The number of hydroxylamine groups is 1. The largest absolute Gasteiger partial charge is 0.481 e. The molecule has 2 rings (SSSR count). The molecule has 0 radical (unpaired) electrons. The number of benzene rings is 1. The second-order valence-electron chi connectivity index (χ2n) is 5.84. The van der Waals surface area contributed by atoms with Crippen LogP contribution in [0.25, 0.3) is 0 Å². The fraction of sp³-hybridized carbons (Fsp3) is 0.471. The lowest BCUT2D eigenvalue weighted by Gasteiger charge is -2.36.